The summed E-state index contributed by atoms with van der Waals surface area (Å²) in [5.74, 6) is 0. The van der Waals surface area contributed by atoms with Crippen LogP contribution in [-0.2, 0) is 6.54 Å². The molecule has 1 heterocycles. The Morgan fingerprint density at radius 3 is 2.63 bits per heavy atom. The molecule has 1 atom stereocenters. The number of aliphatic hydroxyl groups excluding tert-OH is 1. The van der Waals surface area contributed by atoms with Gasteiger partial charge in [0, 0.05) is 38.8 Å². The molecule has 2 rings (SSSR count). The first-order valence-electron chi connectivity index (χ1n) is 7.41. The zero-order valence-electron chi connectivity index (χ0n) is 12.0. The quantitative estimate of drug-likeness (QED) is 0.794. The first kappa shape index (κ1) is 14.5. The van der Waals surface area contributed by atoms with Crippen molar-refractivity contribution in [2.75, 3.05) is 32.8 Å². The molecule has 3 heteroatoms. The van der Waals surface area contributed by atoms with Crippen LogP contribution in [0.5, 0.6) is 0 Å². The SMILES string of the molecule is C[C@H]1CN(CCCCO)CCN1Cc1ccccc1. The van der Waals surface area contributed by atoms with E-state index in [1.165, 1.54) is 5.56 Å². The minimum absolute atomic E-state index is 0.323. The van der Waals surface area contributed by atoms with Gasteiger partial charge in [0.25, 0.3) is 0 Å². The van der Waals surface area contributed by atoms with E-state index in [0.717, 1.165) is 45.6 Å². The number of hydrogen-bond donors (Lipinski definition) is 1. The summed E-state index contributed by atoms with van der Waals surface area (Å²) >= 11 is 0. The van der Waals surface area contributed by atoms with Crippen LogP contribution >= 0.6 is 0 Å². The van der Waals surface area contributed by atoms with Gasteiger partial charge in [0.15, 0.2) is 0 Å². The Morgan fingerprint density at radius 2 is 1.95 bits per heavy atom. The van der Waals surface area contributed by atoms with Crippen LogP contribution in [0.3, 0.4) is 0 Å². The number of benzene rings is 1. The van der Waals surface area contributed by atoms with Crippen molar-refractivity contribution in [3.8, 4) is 0 Å². The zero-order chi connectivity index (χ0) is 13.5. The van der Waals surface area contributed by atoms with Crippen molar-refractivity contribution in [3.05, 3.63) is 35.9 Å². The van der Waals surface area contributed by atoms with Gasteiger partial charge in [0.2, 0.25) is 0 Å². The topological polar surface area (TPSA) is 26.7 Å². The van der Waals surface area contributed by atoms with Crippen molar-refractivity contribution >= 4 is 0 Å². The van der Waals surface area contributed by atoms with E-state index >= 15 is 0 Å². The highest BCUT2D eigenvalue weighted by Crippen LogP contribution is 2.14. The number of aliphatic hydroxyl groups is 1. The molecule has 0 amide bonds. The molecule has 1 saturated heterocycles. The molecular weight excluding hydrogens is 236 g/mol. The Hall–Kier alpha value is -0.900. The molecule has 1 aromatic carbocycles. The van der Waals surface area contributed by atoms with Gasteiger partial charge in [-0.05, 0) is 31.9 Å². The van der Waals surface area contributed by atoms with Crippen LogP contribution in [0.15, 0.2) is 30.3 Å². The lowest BCUT2D eigenvalue weighted by atomic mass is 10.1. The molecular formula is C16H26N2O. The van der Waals surface area contributed by atoms with Crippen molar-refractivity contribution in [2.45, 2.75) is 32.4 Å². The summed E-state index contributed by atoms with van der Waals surface area (Å²) in [5, 5.41) is 8.83. The Morgan fingerprint density at radius 1 is 1.16 bits per heavy atom. The van der Waals surface area contributed by atoms with Gasteiger partial charge in [-0.15, -0.1) is 0 Å². The summed E-state index contributed by atoms with van der Waals surface area (Å²) in [6.45, 7) is 8.29. The third-order valence-corrected chi connectivity index (χ3v) is 3.96. The molecule has 1 aliphatic rings. The van der Waals surface area contributed by atoms with Crippen molar-refractivity contribution in [3.63, 3.8) is 0 Å². The monoisotopic (exact) mass is 262 g/mol. The van der Waals surface area contributed by atoms with Crippen LogP contribution in [0.4, 0.5) is 0 Å². The van der Waals surface area contributed by atoms with E-state index in [4.69, 9.17) is 5.11 Å². The molecule has 0 aliphatic carbocycles. The molecule has 0 unspecified atom stereocenters. The fourth-order valence-corrected chi connectivity index (χ4v) is 2.77. The second-order valence-electron chi connectivity index (χ2n) is 5.54. The van der Waals surface area contributed by atoms with E-state index in [9.17, 15) is 0 Å². The Bertz CT molecular complexity index is 355. The van der Waals surface area contributed by atoms with E-state index in [0.29, 0.717) is 12.6 Å². The molecule has 1 aromatic rings. The van der Waals surface area contributed by atoms with Gasteiger partial charge in [0.1, 0.15) is 0 Å². The summed E-state index contributed by atoms with van der Waals surface area (Å²) in [7, 11) is 0. The lowest BCUT2D eigenvalue weighted by Crippen LogP contribution is -2.51. The summed E-state index contributed by atoms with van der Waals surface area (Å²) in [5.41, 5.74) is 1.41. The van der Waals surface area contributed by atoms with E-state index < -0.39 is 0 Å². The molecule has 0 saturated carbocycles. The van der Waals surface area contributed by atoms with Gasteiger partial charge in [-0.1, -0.05) is 30.3 Å². The molecule has 1 fully saturated rings. The Balaban J connectivity index is 1.77. The van der Waals surface area contributed by atoms with Crippen LogP contribution in [0.2, 0.25) is 0 Å². The molecule has 0 bridgehead atoms. The van der Waals surface area contributed by atoms with Gasteiger partial charge in [-0.2, -0.15) is 0 Å². The van der Waals surface area contributed by atoms with Gasteiger partial charge in [-0.3, -0.25) is 4.90 Å². The first-order valence-corrected chi connectivity index (χ1v) is 7.41. The molecule has 1 aliphatic heterocycles. The minimum atomic E-state index is 0.323. The maximum Gasteiger partial charge on any atom is 0.0431 e. The number of unbranched alkanes of at least 4 members (excludes halogenated alkanes) is 1. The van der Waals surface area contributed by atoms with Crippen LogP contribution in [-0.4, -0.2) is 53.7 Å². The molecule has 3 nitrogen and oxygen atoms in total. The van der Waals surface area contributed by atoms with E-state index in [-0.39, 0.29) is 0 Å². The normalized spacial score (nSPS) is 21.7. The molecule has 0 radical (unpaired) electrons. The van der Waals surface area contributed by atoms with E-state index in [2.05, 4.69) is 47.1 Å². The highest BCUT2D eigenvalue weighted by atomic mass is 16.2. The third-order valence-electron chi connectivity index (χ3n) is 3.96. The van der Waals surface area contributed by atoms with Crippen LogP contribution in [0.1, 0.15) is 25.3 Å². The summed E-state index contributed by atoms with van der Waals surface area (Å²) in [6.07, 6.45) is 2.04. The lowest BCUT2D eigenvalue weighted by molar-refractivity contribution is 0.0757. The summed E-state index contributed by atoms with van der Waals surface area (Å²) < 4.78 is 0. The average Bonchev–Trinajstić information content (AvgIpc) is 2.43. The van der Waals surface area contributed by atoms with Gasteiger partial charge < -0.3 is 10.0 Å². The first-order chi connectivity index (χ1) is 9.29. The van der Waals surface area contributed by atoms with Crippen LogP contribution < -0.4 is 0 Å². The average molecular weight is 262 g/mol. The maximum absolute atomic E-state index is 8.83. The molecule has 1 N–H and O–H groups in total. The third kappa shape index (κ3) is 4.60. The molecule has 19 heavy (non-hydrogen) atoms. The number of rotatable bonds is 6. The minimum Gasteiger partial charge on any atom is -0.396 e. The molecule has 0 aromatic heterocycles. The van der Waals surface area contributed by atoms with Crippen molar-refractivity contribution in [2.24, 2.45) is 0 Å². The van der Waals surface area contributed by atoms with Crippen LogP contribution in [0.25, 0.3) is 0 Å². The Kier molecular flexibility index (Phi) is 5.83. The Labute approximate surface area is 116 Å². The summed E-state index contributed by atoms with van der Waals surface area (Å²) in [4.78, 5) is 5.10. The van der Waals surface area contributed by atoms with Crippen molar-refractivity contribution < 1.29 is 5.11 Å². The largest absolute Gasteiger partial charge is 0.396 e. The van der Waals surface area contributed by atoms with Gasteiger partial charge in [0.05, 0.1) is 0 Å². The van der Waals surface area contributed by atoms with Gasteiger partial charge in [-0.25, -0.2) is 0 Å². The predicted octanol–water partition coefficient (Wildman–Crippen LogP) is 1.97. The highest BCUT2D eigenvalue weighted by molar-refractivity contribution is 5.14. The lowest BCUT2D eigenvalue weighted by Gasteiger charge is -2.40. The highest BCUT2D eigenvalue weighted by Gasteiger charge is 2.22. The fourth-order valence-electron chi connectivity index (χ4n) is 2.77. The van der Waals surface area contributed by atoms with Gasteiger partial charge >= 0.3 is 0 Å². The maximum atomic E-state index is 8.83. The fraction of sp³-hybridized carbons (Fsp3) is 0.625. The second-order valence-corrected chi connectivity index (χ2v) is 5.54. The van der Waals surface area contributed by atoms with Crippen molar-refractivity contribution in [1.29, 1.82) is 0 Å². The summed E-state index contributed by atoms with van der Waals surface area (Å²) in [6, 6.07) is 11.3. The van der Waals surface area contributed by atoms with Crippen molar-refractivity contribution in [1.82, 2.24) is 9.80 Å². The smallest absolute Gasteiger partial charge is 0.0431 e. The van der Waals surface area contributed by atoms with Crippen LogP contribution in [0, 0.1) is 0 Å². The predicted molar refractivity (Wildman–Crippen MR) is 79.1 cm³/mol. The molecule has 0 spiro atoms. The van der Waals surface area contributed by atoms with E-state index in [1.54, 1.807) is 0 Å². The standard InChI is InChI=1S/C16H26N2O/c1-15-13-17(9-5-6-12-19)10-11-18(15)14-16-7-3-2-4-8-16/h2-4,7-8,15,19H,5-6,9-14H2,1H3/t15-/m0/s1. The number of hydrogen-bond acceptors (Lipinski definition) is 3. The number of piperazine rings is 1. The van der Waals surface area contributed by atoms with E-state index in [1.807, 2.05) is 0 Å². The number of nitrogens with zero attached hydrogens (tertiary/aromatic N) is 2. The zero-order valence-corrected chi connectivity index (χ0v) is 12.0. The second kappa shape index (κ2) is 7.63. The molecule has 106 valence electrons.